The number of nitrogens with one attached hydrogen (secondary N) is 1. The van der Waals surface area contributed by atoms with E-state index in [1.807, 2.05) is 27.7 Å². The van der Waals surface area contributed by atoms with E-state index in [1.165, 1.54) is 0 Å². The maximum atomic E-state index is 12.2. The SMILES string of the molecule is CCN(CC)C(=O)c1ccc(C(=O)NC(C)C(C)CO)cc1. The van der Waals surface area contributed by atoms with Gasteiger partial charge in [0.05, 0.1) is 0 Å². The van der Waals surface area contributed by atoms with Crippen molar-refractivity contribution >= 4 is 11.8 Å². The second-order valence-electron chi connectivity index (χ2n) is 5.48. The van der Waals surface area contributed by atoms with Gasteiger partial charge in [-0.25, -0.2) is 0 Å². The van der Waals surface area contributed by atoms with E-state index >= 15 is 0 Å². The van der Waals surface area contributed by atoms with Crippen molar-refractivity contribution in [2.45, 2.75) is 33.7 Å². The normalized spacial score (nSPS) is 13.3. The number of nitrogens with zero attached hydrogens (tertiary/aromatic N) is 1. The molecule has 0 heterocycles. The van der Waals surface area contributed by atoms with Crippen LogP contribution in [0, 0.1) is 5.92 Å². The Labute approximate surface area is 132 Å². The fourth-order valence-corrected chi connectivity index (χ4v) is 2.05. The second kappa shape index (κ2) is 8.54. The first kappa shape index (κ1) is 18.2. The number of hydrogen-bond donors (Lipinski definition) is 2. The lowest BCUT2D eigenvalue weighted by Crippen LogP contribution is -2.38. The number of benzene rings is 1. The molecule has 22 heavy (non-hydrogen) atoms. The second-order valence-corrected chi connectivity index (χ2v) is 5.48. The summed E-state index contributed by atoms with van der Waals surface area (Å²) in [4.78, 5) is 26.0. The molecular weight excluding hydrogens is 280 g/mol. The monoisotopic (exact) mass is 306 g/mol. The largest absolute Gasteiger partial charge is 0.396 e. The molecule has 5 nitrogen and oxygen atoms in total. The van der Waals surface area contributed by atoms with Gasteiger partial charge in [0.2, 0.25) is 0 Å². The minimum Gasteiger partial charge on any atom is -0.396 e. The van der Waals surface area contributed by atoms with Crippen LogP contribution in [0.5, 0.6) is 0 Å². The van der Waals surface area contributed by atoms with E-state index in [1.54, 1.807) is 29.2 Å². The lowest BCUT2D eigenvalue weighted by molar-refractivity contribution is 0.0772. The number of carbonyl (C=O) groups is 2. The van der Waals surface area contributed by atoms with Gasteiger partial charge in [0, 0.05) is 36.9 Å². The van der Waals surface area contributed by atoms with E-state index in [0.29, 0.717) is 24.2 Å². The van der Waals surface area contributed by atoms with Crippen molar-refractivity contribution in [3.05, 3.63) is 35.4 Å². The van der Waals surface area contributed by atoms with E-state index in [2.05, 4.69) is 5.32 Å². The smallest absolute Gasteiger partial charge is 0.253 e. The van der Waals surface area contributed by atoms with E-state index in [4.69, 9.17) is 5.11 Å². The molecule has 0 aromatic heterocycles. The van der Waals surface area contributed by atoms with Crippen LogP contribution in [0.4, 0.5) is 0 Å². The maximum absolute atomic E-state index is 12.2. The zero-order valence-corrected chi connectivity index (χ0v) is 13.8. The zero-order valence-electron chi connectivity index (χ0n) is 13.8. The highest BCUT2D eigenvalue weighted by atomic mass is 16.3. The highest BCUT2D eigenvalue weighted by Crippen LogP contribution is 2.09. The van der Waals surface area contributed by atoms with E-state index in [0.717, 1.165) is 0 Å². The van der Waals surface area contributed by atoms with Crippen LogP contribution < -0.4 is 5.32 Å². The van der Waals surface area contributed by atoms with Gasteiger partial charge in [-0.3, -0.25) is 9.59 Å². The Hall–Kier alpha value is -1.88. The van der Waals surface area contributed by atoms with Gasteiger partial charge in [-0.05, 0) is 51.0 Å². The van der Waals surface area contributed by atoms with Crippen LogP contribution in [-0.2, 0) is 0 Å². The number of carbonyl (C=O) groups excluding carboxylic acids is 2. The van der Waals surface area contributed by atoms with Crippen LogP contribution in [0.15, 0.2) is 24.3 Å². The van der Waals surface area contributed by atoms with Gasteiger partial charge in [0.15, 0.2) is 0 Å². The highest BCUT2D eigenvalue weighted by molar-refractivity contribution is 5.97. The number of hydrogen-bond acceptors (Lipinski definition) is 3. The number of aliphatic hydroxyl groups is 1. The molecule has 0 bridgehead atoms. The summed E-state index contributed by atoms with van der Waals surface area (Å²) in [6.45, 7) is 8.95. The molecule has 0 spiro atoms. The summed E-state index contributed by atoms with van der Waals surface area (Å²) in [6.07, 6.45) is 0. The summed E-state index contributed by atoms with van der Waals surface area (Å²) < 4.78 is 0. The number of amides is 2. The molecule has 2 N–H and O–H groups in total. The van der Waals surface area contributed by atoms with Crippen molar-refractivity contribution in [2.75, 3.05) is 19.7 Å². The first-order chi connectivity index (χ1) is 10.4. The zero-order chi connectivity index (χ0) is 16.7. The minimum atomic E-state index is -0.199. The van der Waals surface area contributed by atoms with Crippen LogP contribution >= 0.6 is 0 Å². The maximum Gasteiger partial charge on any atom is 0.253 e. The topological polar surface area (TPSA) is 69.6 Å². The molecule has 0 saturated carbocycles. The highest BCUT2D eigenvalue weighted by Gasteiger charge is 2.16. The van der Waals surface area contributed by atoms with Crippen molar-refractivity contribution in [1.29, 1.82) is 0 Å². The predicted octanol–water partition coefficient (Wildman–Crippen LogP) is 1.92. The van der Waals surface area contributed by atoms with Crippen LogP contribution in [0.25, 0.3) is 0 Å². The summed E-state index contributed by atoms with van der Waals surface area (Å²) in [5.41, 5.74) is 1.09. The lowest BCUT2D eigenvalue weighted by atomic mass is 10.0. The first-order valence-electron chi connectivity index (χ1n) is 7.75. The van der Waals surface area contributed by atoms with E-state index in [9.17, 15) is 9.59 Å². The Kier molecular flexibility index (Phi) is 7.05. The minimum absolute atomic E-state index is 0.00697. The Bertz CT molecular complexity index is 495. The molecule has 0 saturated heterocycles. The summed E-state index contributed by atoms with van der Waals surface area (Å²) in [7, 11) is 0. The van der Waals surface area contributed by atoms with Crippen molar-refractivity contribution in [2.24, 2.45) is 5.92 Å². The third kappa shape index (κ3) is 4.56. The molecule has 2 atom stereocenters. The molecule has 1 aromatic carbocycles. The third-order valence-electron chi connectivity index (χ3n) is 3.94. The molecule has 2 unspecified atom stereocenters. The number of aliphatic hydroxyl groups excluding tert-OH is 1. The Balaban J connectivity index is 2.76. The summed E-state index contributed by atoms with van der Waals surface area (Å²) in [5.74, 6) is -0.235. The third-order valence-corrected chi connectivity index (χ3v) is 3.94. The van der Waals surface area contributed by atoms with Crippen LogP contribution in [-0.4, -0.2) is 47.6 Å². The van der Waals surface area contributed by atoms with E-state index in [-0.39, 0.29) is 30.4 Å². The molecule has 0 radical (unpaired) electrons. The predicted molar refractivity (Wildman–Crippen MR) is 86.9 cm³/mol. The van der Waals surface area contributed by atoms with Gasteiger partial charge < -0.3 is 15.3 Å². The van der Waals surface area contributed by atoms with Crippen LogP contribution in [0.3, 0.4) is 0 Å². The molecule has 0 fully saturated rings. The molecule has 2 amide bonds. The average molecular weight is 306 g/mol. The standard InChI is InChI=1S/C17H26N2O3/c1-5-19(6-2)17(22)15-9-7-14(8-10-15)16(21)18-13(4)12(3)11-20/h7-10,12-13,20H,5-6,11H2,1-4H3,(H,18,21). The summed E-state index contributed by atoms with van der Waals surface area (Å²) >= 11 is 0. The fourth-order valence-electron chi connectivity index (χ4n) is 2.05. The van der Waals surface area contributed by atoms with Crippen LogP contribution in [0.1, 0.15) is 48.4 Å². The quantitative estimate of drug-likeness (QED) is 0.808. The van der Waals surface area contributed by atoms with Gasteiger partial charge >= 0.3 is 0 Å². The van der Waals surface area contributed by atoms with Crippen molar-refractivity contribution < 1.29 is 14.7 Å². The van der Waals surface area contributed by atoms with Crippen molar-refractivity contribution in [3.8, 4) is 0 Å². The lowest BCUT2D eigenvalue weighted by Gasteiger charge is -2.20. The Morgan fingerprint density at radius 1 is 1.09 bits per heavy atom. The molecule has 5 heteroatoms. The number of rotatable bonds is 7. The molecule has 122 valence electrons. The molecule has 1 rings (SSSR count). The summed E-state index contributed by atoms with van der Waals surface area (Å²) in [6, 6.07) is 6.55. The Morgan fingerprint density at radius 2 is 1.59 bits per heavy atom. The molecule has 0 aliphatic carbocycles. The van der Waals surface area contributed by atoms with Gasteiger partial charge in [0.25, 0.3) is 11.8 Å². The van der Waals surface area contributed by atoms with Crippen molar-refractivity contribution in [3.63, 3.8) is 0 Å². The van der Waals surface area contributed by atoms with Gasteiger partial charge in [-0.2, -0.15) is 0 Å². The van der Waals surface area contributed by atoms with Gasteiger partial charge in [-0.1, -0.05) is 6.92 Å². The van der Waals surface area contributed by atoms with Crippen LogP contribution in [0.2, 0.25) is 0 Å². The van der Waals surface area contributed by atoms with Gasteiger partial charge in [-0.15, -0.1) is 0 Å². The van der Waals surface area contributed by atoms with Gasteiger partial charge in [0.1, 0.15) is 0 Å². The van der Waals surface area contributed by atoms with E-state index < -0.39 is 0 Å². The molecule has 0 aliphatic rings. The molecular formula is C17H26N2O3. The fraction of sp³-hybridized carbons (Fsp3) is 0.529. The molecule has 0 aliphatic heterocycles. The molecule has 1 aromatic rings. The van der Waals surface area contributed by atoms with Crippen molar-refractivity contribution in [1.82, 2.24) is 10.2 Å². The first-order valence-corrected chi connectivity index (χ1v) is 7.75. The summed E-state index contributed by atoms with van der Waals surface area (Å²) in [5, 5.41) is 11.9. The average Bonchev–Trinajstić information content (AvgIpc) is 2.55. The Morgan fingerprint density at radius 3 is 2.05 bits per heavy atom.